The predicted molar refractivity (Wildman–Crippen MR) is 102 cm³/mol. The maximum absolute atomic E-state index is 12.2. The smallest absolute Gasteiger partial charge is 0.338 e. The molecule has 0 spiro atoms. The van der Waals surface area contributed by atoms with Crippen LogP contribution in [0.1, 0.15) is 46.2 Å². The van der Waals surface area contributed by atoms with E-state index in [0.717, 1.165) is 23.0 Å². The lowest BCUT2D eigenvalue weighted by molar-refractivity contribution is -0.159. The van der Waals surface area contributed by atoms with Crippen LogP contribution in [0.3, 0.4) is 0 Å². The number of hydrogen-bond acceptors (Lipinski definition) is 5. The minimum atomic E-state index is -1.41. The number of rotatable bonds is 5. The van der Waals surface area contributed by atoms with Gasteiger partial charge in [-0.1, -0.05) is 20.8 Å². The van der Waals surface area contributed by atoms with Crippen LogP contribution >= 0.6 is 15.9 Å². The number of carbonyl (C=O) groups is 1. The molecule has 2 fully saturated rings. The van der Waals surface area contributed by atoms with Gasteiger partial charge in [-0.25, -0.2) is 4.79 Å². The molecule has 2 aliphatic heterocycles. The summed E-state index contributed by atoms with van der Waals surface area (Å²) >= 11 is 3.40. The lowest BCUT2D eigenvalue weighted by atomic mass is 9.67. The highest BCUT2D eigenvalue weighted by atomic mass is 79.9. The minimum Gasteiger partial charge on any atom is -0.460 e. The number of aliphatic hydroxyl groups is 1. The molecule has 1 aromatic rings. The molecule has 1 N–H and O–H groups in total. The quantitative estimate of drug-likeness (QED) is 0.730. The highest BCUT2D eigenvalue weighted by Gasteiger charge is 2.56. The van der Waals surface area contributed by atoms with Gasteiger partial charge in [0.15, 0.2) is 5.60 Å². The van der Waals surface area contributed by atoms with Crippen molar-refractivity contribution in [1.29, 1.82) is 0 Å². The number of pyridine rings is 1. The molecular weight excluding hydrogens is 398 g/mol. The first-order valence-corrected chi connectivity index (χ1v) is 10.1. The van der Waals surface area contributed by atoms with Crippen LogP contribution in [0, 0.1) is 17.3 Å². The second kappa shape index (κ2) is 7.21. The van der Waals surface area contributed by atoms with E-state index in [4.69, 9.17) is 9.47 Å². The molecule has 26 heavy (non-hydrogen) atoms. The molecule has 3 rings (SSSR count). The van der Waals surface area contributed by atoms with E-state index in [1.54, 1.807) is 6.20 Å². The molecule has 0 aliphatic carbocycles. The zero-order chi connectivity index (χ0) is 19.1. The Morgan fingerprint density at radius 3 is 2.69 bits per heavy atom. The SMILES string of the molecule is C[C@@H]1[C@@H](C)OC(=O)[C@]1(O)CC(C)(C)C1COC(Cc2ccc(Br)cn2)C1. The van der Waals surface area contributed by atoms with Gasteiger partial charge in [-0.15, -0.1) is 0 Å². The van der Waals surface area contributed by atoms with Crippen molar-refractivity contribution in [3.63, 3.8) is 0 Å². The first-order valence-electron chi connectivity index (χ1n) is 9.27. The zero-order valence-electron chi connectivity index (χ0n) is 15.9. The van der Waals surface area contributed by atoms with Crippen molar-refractivity contribution >= 4 is 21.9 Å². The molecule has 6 heteroatoms. The van der Waals surface area contributed by atoms with Crippen molar-refractivity contribution in [2.75, 3.05) is 6.61 Å². The minimum absolute atomic E-state index is 0.120. The third-order valence-corrected chi connectivity index (χ3v) is 6.71. The number of esters is 1. The standard InChI is InChI=1S/C20H28BrNO4/c1-12-13(2)26-18(23)20(12,24)11-19(3,4)14-7-17(25-10-14)8-16-6-5-15(21)9-22-16/h5-6,9,12-14,17,24H,7-8,10-11H2,1-4H3/t12-,13-,14?,17?,20+/m1/s1. The topological polar surface area (TPSA) is 68.7 Å². The largest absolute Gasteiger partial charge is 0.460 e. The Labute approximate surface area is 163 Å². The molecule has 3 heterocycles. The summed E-state index contributed by atoms with van der Waals surface area (Å²) in [5, 5.41) is 11.0. The van der Waals surface area contributed by atoms with Gasteiger partial charge in [-0.2, -0.15) is 0 Å². The molecular formula is C20H28BrNO4. The number of aromatic nitrogens is 1. The Bertz CT molecular complexity index is 662. The monoisotopic (exact) mass is 425 g/mol. The molecule has 0 saturated carbocycles. The van der Waals surface area contributed by atoms with Gasteiger partial charge in [0.1, 0.15) is 6.10 Å². The van der Waals surface area contributed by atoms with E-state index in [9.17, 15) is 9.90 Å². The maximum atomic E-state index is 12.2. The van der Waals surface area contributed by atoms with E-state index >= 15 is 0 Å². The van der Waals surface area contributed by atoms with Gasteiger partial charge in [-0.3, -0.25) is 4.98 Å². The average molecular weight is 426 g/mol. The van der Waals surface area contributed by atoms with Gasteiger partial charge in [0, 0.05) is 28.7 Å². The van der Waals surface area contributed by atoms with Crippen molar-refractivity contribution in [3.8, 4) is 0 Å². The number of halogens is 1. The summed E-state index contributed by atoms with van der Waals surface area (Å²) in [6.45, 7) is 8.60. The fourth-order valence-electron chi connectivity index (χ4n) is 4.17. The number of carbonyl (C=O) groups excluding carboxylic acids is 1. The molecule has 2 unspecified atom stereocenters. The summed E-state index contributed by atoms with van der Waals surface area (Å²) in [4.78, 5) is 16.7. The van der Waals surface area contributed by atoms with Crippen LogP contribution in [-0.4, -0.2) is 40.5 Å². The van der Waals surface area contributed by atoms with Crippen LogP contribution in [0.5, 0.6) is 0 Å². The molecule has 1 aromatic heterocycles. The Hall–Kier alpha value is -0.980. The first-order chi connectivity index (χ1) is 12.1. The van der Waals surface area contributed by atoms with Crippen LogP contribution in [0.4, 0.5) is 0 Å². The van der Waals surface area contributed by atoms with Gasteiger partial charge < -0.3 is 14.6 Å². The lowest BCUT2D eigenvalue weighted by Gasteiger charge is -2.37. The second-order valence-electron chi connectivity index (χ2n) is 8.55. The molecule has 0 radical (unpaired) electrons. The van der Waals surface area contributed by atoms with Gasteiger partial charge >= 0.3 is 5.97 Å². The Balaban J connectivity index is 1.63. The van der Waals surface area contributed by atoms with Gasteiger partial charge in [0.05, 0.1) is 12.7 Å². The number of hydrogen-bond donors (Lipinski definition) is 1. The summed E-state index contributed by atoms with van der Waals surface area (Å²) in [5.74, 6) is -0.414. The van der Waals surface area contributed by atoms with Crippen molar-refractivity contribution in [1.82, 2.24) is 4.98 Å². The number of nitrogens with zero attached hydrogens (tertiary/aromatic N) is 1. The van der Waals surface area contributed by atoms with Gasteiger partial charge in [0.2, 0.25) is 0 Å². The van der Waals surface area contributed by atoms with Crippen molar-refractivity contribution in [3.05, 3.63) is 28.5 Å². The fourth-order valence-corrected chi connectivity index (χ4v) is 4.41. The fraction of sp³-hybridized carbons (Fsp3) is 0.700. The summed E-state index contributed by atoms with van der Waals surface area (Å²) in [5.41, 5.74) is -0.625. The third kappa shape index (κ3) is 3.82. The average Bonchev–Trinajstić information content (AvgIpc) is 3.11. The molecule has 5 atom stereocenters. The maximum Gasteiger partial charge on any atom is 0.338 e. The van der Waals surface area contributed by atoms with Crippen LogP contribution in [-0.2, 0) is 20.7 Å². The predicted octanol–water partition coefficient (Wildman–Crippen LogP) is 3.52. The van der Waals surface area contributed by atoms with Crippen LogP contribution < -0.4 is 0 Å². The summed E-state index contributed by atoms with van der Waals surface area (Å²) in [7, 11) is 0. The van der Waals surface area contributed by atoms with Crippen molar-refractivity contribution < 1.29 is 19.4 Å². The Morgan fingerprint density at radius 1 is 1.38 bits per heavy atom. The summed E-state index contributed by atoms with van der Waals surface area (Å²) in [6.07, 6.45) is 3.74. The van der Waals surface area contributed by atoms with Crippen molar-refractivity contribution in [2.45, 2.75) is 64.8 Å². The molecule has 2 aliphatic rings. The van der Waals surface area contributed by atoms with Crippen LogP contribution in [0.25, 0.3) is 0 Å². The second-order valence-corrected chi connectivity index (χ2v) is 9.46. The highest BCUT2D eigenvalue weighted by Crippen LogP contribution is 2.46. The van der Waals surface area contributed by atoms with E-state index in [-0.39, 0.29) is 29.5 Å². The third-order valence-electron chi connectivity index (χ3n) is 6.24. The molecule has 2 saturated heterocycles. The van der Waals surface area contributed by atoms with E-state index in [1.165, 1.54) is 0 Å². The highest BCUT2D eigenvalue weighted by molar-refractivity contribution is 9.10. The van der Waals surface area contributed by atoms with Gasteiger partial charge in [0.25, 0.3) is 0 Å². The van der Waals surface area contributed by atoms with E-state index < -0.39 is 11.6 Å². The normalized spacial score (nSPS) is 34.9. The van der Waals surface area contributed by atoms with E-state index in [1.807, 2.05) is 26.0 Å². The molecule has 0 amide bonds. The number of cyclic esters (lactones) is 1. The molecule has 5 nitrogen and oxygen atoms in total. The molecule has 144 valence electrons. The Kier molecular flexibility index (Phi) is 5.48. The van der Waals surface area contributed by atoms with E-state index in [0.29, 0.717) is 13.0 Å². The molecule has 0 aromatic carbocycles. The summed E-state index contributed by atoms with van der Waals surface area (Å²) in [6, 6.07) is 3.99. The van der Waals surface area contributed by atoms with Crippen LogP contribution in [0.2, 0.25) is 0 Å². The summed E-state index contributed by atoms with van der Waals surface area (Å²) < 4.78 is 12.2. The number of ether oxygens (including phenoxy) is 2. The first kappa shape index (κ1) is 19.8. The lowest BCUT2D eigenvalue weighted by Crippen LogP contribution is -2.46. The van der Waals surface area contributed by atoms with Crippen LogP contribution in [0.15, 0.2) is 22.8 Å². The van der Waals surface area contributed by atoms with Gasteiger partial charge in [-0.05, 0) is 59.2 Å². The zero-order valence-corrected chi connectivity index (χ0v) is 17.5. The van der Waals surface area contributed by atoms with Crippen molar-refractivity contribution in [2.24, 2.45) is 17.3 Å². The molecule has 0 bridgehead atoms. The van der Waals surface area contributed by atoms with E-state index in [2.05, 4.69) is 34.8 Å². The Morgan fingerprint density at radius 2 is 2.12 bits per heavy atom.